The van der Waals surface area contributed by atoms with Crippen LogP contribution in [0.4, 0.5) is 0 Å². The number of benzene rings is 1. The summed E-state index contributed by atoms with van der Waals surface area (Å²) in [6.07, 6.45) is 3.41. The van der Waals surface area contributed by atoms with Crippen molar-refractivity contribution in [3.63, 3.8) is 0 Å². The minimum absolute atomic E-state index is 0.0513. The van der Waals surface area contributed by atoms with Gasteiger partial charge in [0.05, 0.1) is 19.9 Å². The summed E-state index contributed by atoms with van der Waals surface area (Å²) in [5, 5.41) is 17.5. The van der Waals surface area contributed by atoms with Crippen LogP contribution in [-0.4, -0.2) is 51.0 Å². The van der Waals surface area contributed by atoms with Gasteiger partial charge in [-0.05, 0) is 56.5 Å². The Morgan fingerprint density at radius 1 is 1.20 bits per heavy atom. The topological polar surface area (TPSA) is 88.3 Å². The van der Waals surface area contributed by atoms with Crippen molar-refractivity contribution in [1.29, 1.82) is 0 Å². The second-order valence-corrected chi connectivity index (χ2v) is 7.92. The lowest BCUT2D eigenvalue weighted by Gasteiger charge is -2.38. The highest BCUT2D eigenvalue weighted by atomic mass is 16.5. The van der Waals surface area contributed by atoms with Gasteiger partial charge in [-0.1, -0.05) is 12.1 Å². The van der Waals surface area contributed by atoms with Gasteiger partial charge in [0.2, 0.25) is 0 Å². The molecule has 1 atom stereocenters. The first-order chi connectivity index (χ1) is 14.5. The molecular formula is C23H33N3O4. The fraction of sp³-hybridized carbons (Fsp3) is 0.522. The number of hydrogen-bond donors (Lipinski definition) is 3. The number of nitrogens with one attached hydrogen (secondary N) is 2. The van der Waals surface area contributed by atoms with Crippen LogP contribution in [0.15, 0.2) is 52.1 Å². The van der Waals surface area contributed by atoms with Crippen LogP contribution >= 0.6 is 0 Å². The third-order valence-corrected chi connectivity index (χ3v) is 5.69. The Morgan fingerprint density at radius 3 is 2.53 bits per heavy atom. The molecule has 3 rings (SSSR count). The Hall–Kier alpha value is -2.51. The fourth-order valence-corrected chi connectivity index (χ4v) is 3.76. The maximum absolute atomic E-state index is 10.7. The van der Waals surface area contributed by atoms with Gasteiger partial charge in [0.15, 0.2) is 5.96 Å². The number of furan rings is 1. The van der Waals surface area contributed by atoms with Crippen LogP contribution in [0.25, 0.3) is 0 Å². The van der Waals surface area contributed by atoms with Gasteiger partial charge in [0.1, 0.15) is 17.1 Å². The molecule has 1 saturated heterocycles. The smallest absolute Gasteiger partial charge is 0.191 e. The van der Waals surface area contributed by atoms with E-state index in [9.17, 15) is 5.11 Å². The number of aliphatic imine (C=N–C) groups is 1. The van der Waals surface area contributed by atoms with Gasteiger partial charge >= 0.3 is 0 Å². The molecule has 164 valence electrons. The Balaban J connectivity index is 1.74. The fourth-order valence-electron chi connectivity index (χ4n) is 3.76. The largest absolute Gasteiger partial charge is 0.497 e. The molecule has 1 fully saturated rings. The molecule has 1 unspecified atom stereocenters. The van der Waals surface area contributed by atoms with Crippen molar-refractivity contribution in [3.8, 4) is 5.75 Å². The average Bonchev–Trinajstić information content (AvgIpc) is 3.32. The summed E-state index contributed by atoms with van der Waals surface area (Å²) >= 11 is 0. The first kappa shape index (κ1) is 22.2. The van der Waals surface area contributed by atoms with Crippen LogP contribution in [0.5, 0.6) is 5.75 Å². The van der Waals surface area contributed by atoms with Crippen LogP contribution in [0.3, 0.4) is 0 Å². The zero-order valence-corrected chi connectivity index (χ0v) is 18.1. The lowest BCUT2D eigenvalue weighted by Crippen LogP contribution is -2.48. The molecule has 0 aliphatic carbocycles. The summed E-state index contributed by atoms with van der Waals surface area (Å²) in [7, 11) is 1.68. The normalized spacial score (nSPS) is 18.5. The minimum Gasteiger partial charge on any atom is -0.497 e. The number of methoxy groups -OCH3 is 1. The van der Waals surface area contributed by atoms with E-state index in [1.54, 1.807) is 32.4 Å². The molecule has 2 heterocycles. The number of guanidine groups is 1. The van der Waals surface area contributed by atoms with E-state index in [2.05, 4.69) is 27.8 Å². The molecule has 3 N–H and O–H groups in total. The quantitative estimate of drug-likeness (QED) is 0.454. The standard InChI is InChI=1S/C23H33N3O4/c1-4-24-21(25-16-22(2,27)20-6-5-13-30-20)26-17-23(11-14-29-15-12-23)18-7-9-19(28-3)10-8-18/h5-10,13,27H,4,11-12,14-17H2,1-3H3,(H2,24,25,26). The summed E-state index contributed by atoms with van der Waals surface area (Å²) in [6.45, 7) is 6.83. The van der Waals surface area contributed by atoms with Gasteiger partial charge < -0.3 is 29.6 Å². The first-order valence-electron chi connectivity index (χ1n) is 10.5. The number of hydrogen-bond acceptors (Lipinski definition) is 5. The molecule has 7 nitrogen and oxygen atoms in total. The highest BCUT2D eigenvalue weighted by molar-refractivity contribution is 5.80. The van der Waals surface area contributed by atoms with Crippen molar-refractivity contribution in [2.24, 2.45) is 4.99 Å². The first-order valence-corrected chi connectivity index (χ1v) is 10.5. The van der Waals surface area contributed by atoms with Gasteiger partial charge in [0.25, 0.3) is 0 Å². The van der Waals surface area contributed by atoms with Crippen molar-refractivity contribution in [2.45, 2.75) is 37.7 Å². The van der Waals surface area contributed by atoms with E-state index in [1.165, 1.54) is 5.56 Å². The van der Waals surface area contributed by atoms with E-state index in [1.807, 2.05) is 19.1 Å². The highest BCUT2D eigenvalue weighted by Crippen LogP contribution is 2.35. The minimum atomic E-state index is -1.17. The van der Waals surface area contributed by atoms with E-state index in [4.69, 9.17) is 13.9 Å². The molecule has 0 amide bonds. The van der Waals surface area contributed by atoms with Crippen molar-refractivity contribution < 1.29 is 19.0 Å². The number of ether oxygens (including phenoxy) is 2. The monoisotopic (exact) mass is 415 g/mol. The SMILES string of the molecule is CCNC(=NCC(C)(O)c1ccco1)NCC1(c2ccc(OC)cc2)CCOCC1. The van der Waals surface area contributed by atoms with E-state index in [0.717, 1.165) is 44.9 Å². The van der Waals surface area contributed by atoms with Gasteiger partial charge in [0, 0.05) is 31.7 Å². The lowest BCUT2D eigenvalue weighted by molar-refractivity contribution is 0.0435. The van der Waals surface area contributed by atoms with E-state index in [0.29, 0.717) is 11.7 Å². The number of rotatable bonds is 8. The van der Waals surface area contributed by atoms with E-state index >= 15 is 0 Å². The second kappa shape index (κ2) is 10.00. The van der Waals surface area contributed by atoms with Crippen LogP contribution < -0.4 is 15.4 Å². The van der Waals surface area contributed by atoms with E-state index < -0.39 is 5.60 Å². The molecule has 0 radical (unpaired) electrons. The number of aliphatic hydroxyl groups is 1. The summed E-state index contributed by atoms with van der Waals surface area (Å²) < 4.78 is 16.3. The predicted octanol–water partition coefficient (Wildman–Crippen LogP) is 2.80. The highest BCUT2D eigenvalue weighted by Gasteiger charge is 2.35. The summed E-state index contributed by atoms with van der Waals surface area (Å²) in [6, 6.07) is 11.8. The molecule has 1 aliphatic rings. The average molecular weight is 416 g/mol. The Kier molecular flexibility index (Phi) is 7.39. The van der Waals surface area contributed by atoms with Crippen molar-refractivity contribution >= 4 is 5.96 Å². The van der Waals surface area contributed by atoms with Gasteiger partial charge in [-0.3, -0.25) is 0 Å². The third-order valence-electron chi connectivity index (χ3n) is 5.69. The molecule has 1 aromatic carbocycles. The third kappa shape index (κ3) is 5.34. The molecule has 30 heavy (non-hydrogen) atoms. The van der Waals surface area contributed by atoms with Gasteiger partial charge in [-0.25, -0.2) is 4.99 Å². The zero-order valence-electron chi connectivity index (χ0n) is 18.1. The molecule has 1 aromatic heterocycles. The molecule has 2 aromatic rings. The molecule has 7 heteroatoms. The van der Waals surface area contributed by atoms with Gasteiger partial charge in [-0.2, -0.15) is 0 Å². The maximum Gasteiger partial charge on any atom is 0.191 e. The summed E-state index contributed by atoms with van der Waals surface area (Å²) in [4.78, 5) is 4.61. The summed E-state index contributed by atoms with van der Waals surface area (Å²) in [5.74, 6) is 2.02. The molecule has 1 aliphatic heterocycles. The molecule has 0 spiro atoms. The summed E-state index contributed by atoms with van der Waals surface area (Å²) in [5.41, 5.74) is 0.0418. The lowest BCUT2D eigenvalue weighted by atomic mass is 9.74. The van der Waals surface area contributed by atoms with Crippen LogP contribution in [-0.2, 0) is 15.8 Å². The van der Waals surface area contributed by atoms with E-state index in [-0.39, 0.29) is 12.0 Å². The van der Waals surface area contributed by atoms with Crippen molar-refractivity contribution in [3.05, 3.63) is 54.0 Å². The molecular weight excluding hydrogens is 382 g/mol. The van der Waals surface area contributed by atoms with Gasteiger partial charge in [-0.15, -0.1) is 0 Å². The Morgan fingerprint density at radius 2 is 1.93 bits per heavy atom. The Labute approximate surface area is 178 Å². The van der Waals surface area contributed by atoms with Crippen molar-refractivity contribution in [1.82, 2.24) is 10.6 Å². The van der Waals surface area contributed by atoms with Crippen LogP contribution in [0, 0.1) is 0 Å². The maximum atomic E-state index is 10.7. The predicted molar refractivity (Wildman–Crippen MR) is 117 cm³/mol. The molecule has 0 bridgehead atoms. The number of nitrogens with zero attached hydrogens (tertiary/aromatic N) is 1. The second-order valence-electron chi connectivity index (χ2n) is 7.92. The molecule has 0 saturated carbocycles. The van der Waals surface area contributed by atoms with Crippen LogP contribution in [0.2, 0.25) is 0 Å². The van der Waals surface area contributed by atoms with Crippen molar-refractivity contribution in [2.75, 3.05) is 40.0 Å². The van der Waals surface area contributed by atoms with Crippen LogP contribution in [0.1, 0.15) is 38.0 Å². The Bertz CT molecular complexity index is 794. The zero-order chi connectivity index (χ0) is 21.5.